The normalized spacial score (nSPS) is 16.9. The fraction of sp³-hybridized carbons (Fsp3) is 0.269. The van der Waals surface area contributed by atoms with Crippen LogP contribution in [0.5, 0.6) is 0 Å². The van der Waals surface area contributed by atoms with Gasteiger partial charge in [-0.1, -0.05) is 6.07 Å². The van der Waals surface area contributed by atoms with Crippen LogP contribution in [0.3, 0.4) is 0 Å². The van der Waals surface area contributed by atoms with Gasteiger partial charge in [0, 0.05) is 37.5 Å². The van der Waals surface area contributed by atoms with Crippen molar-refractivity contribution in [2.75, 3.05) is 23.3 Å². The number of aromatic nitrogens is 3. The number of hydrogen-bond donors (Lipinski definition) is 3. The van der Waals surface area contributed by atoms with Crippen molar-refractivity contribution in [1.29, 1.82) is 0 Å². The number of aliphatic hydroxyl groups is 1. The quantitative estimate of drug-likeness (QED) is 0.417. The lowest BCUT2D eigenvalue weighted by atomic mass is 9.94. The van der Waals surface area contributed by atoms with Gasteiger partial charge in [-0.15, -0.1) is 0 Å². The molecular formula is C26H25FN6O2. The van der Waals surface area contributed by atoms with E-state index in [9.17, 15) is 14.3 Å². The molecule has 0 aliphatic carbocycles. The molecule has 6 rings (SSSR count). The molecule has 1 saturated heterocycles. The summed E-state index contributed by atoms with van der Waals surface area (Å²) in [7, 11) is 0. The Hall–Kier alpha value is -3.98. The molecule has 3 aromatic heterocycles. The lowest BCUT2D eigenvalue weighted by molar-refractivity contribution is 0.0351. The van der Waals surface area contributed by atoms with Crippen molar-refractivity contribution < 1.29 is 14.3 Å². The molecule has 5 heterocycles. The van der Waals surface area contributed by atoms with Gasteiger partial charge in [0.1, 0.15) is 17.3 Å². The van der Waals surface area contributed by atoms with Gasteiger partial charge in [-0.3, -0.25) is 9.20 Å². The number of nitrogens with zero attached hydrogens (tertiary/aromatic N) is 4. The van der Waals surface area contributed by atoms with Crippen molar-refractivity contribution in [2.45, 2.75) is 31.9 Å². The van der Waals surface area contributed by atoms with Crippen LogP contribution in [0, 0.1) is 5.82 Å². The number of halogens is 1. The first-order chi connectivity index (χ1) is 16.9. The topological polar surface area (TPSA) is 94.8 Å². The molecule has 0 atom stereocenters. The zero-order valence-corrected chi connectivity index (χ0v) is 19.3. The molecule has 1 fully saturated rings. The molecule has 1 amide bonds. The Morgan fingerprint density at radius 3 is 2.71 bits per heavy atom. The molecule has 0 radical (unpaired) electrons. The number of rotatable bonds is 4. The fourth-order valence-electron chi connectivity index (χ4n) is 4.88. The van der Waals surface area contributed by atoms with E-state index in [1.54, 1.807) is 12.4 Å². The standard InChI is InChI=1S/C26H25FN6O2/c1-26(35)7-10-32(11-8-26)17-2-5-22(28-13-17)31-20-4-3-18(19-14-30-25(34)24(19)20)21-15-29-23-12-16(27)6-9-33(21)23/h2-6,9,12-13,15,35H,7-8,10-11,14H2,1H3,(H,28,31)(H,30,34). The predicted octanol–water partition coefficient (Wildman–Crippen LogP) is 3.87. The summed E-state index contributed by atoms with van der Waals surface area (Å²) in [6, 6.07) is 10.5. The van der Waals surface area contributed by atoms with Crippen molar-refractivity contribution in [1.82, 2.24) is 19.7 Å². The third-order valence-electron chi connectivity index (χ3n) is 6.93. The highest BCUT2D eigenvalue weighted by Crippen LogP contribution is 2.35. The predicted molar refractivity (Wildman–Crippen MR) is 131 cm³/mol. The Labute approximate surface area is 201 Å². The van der Waals surface area contributed by atoms with E-state index in [0.29, 0.717) is 29.3 Å². The maximum absolute atomic E-state index is 13.6. The molecule has 9 heteroatoms. The van der Waals surface area contributed by atoms with Crippen LogP contribution in [0.2, 0.25) is 0 Å². The second kappa shape index (κ2) is 8.06. The largest absolute Gasteiger partial charge is 0.390 e. The smallest absolute Gasteiger partial charge is 0.254 e. The summed E-state index contributed by atoms with van der Waals surface area (Å²) < 4.78 is 15.4. The van der Waals surface area contributed by atoms with Crippen molar-refractivity contribution >= 4 is 28.7 Å². The number of imidazole rings is 1. The van der Waals surface area contributed by atoms with Gasteiger partial charge in [0.15, 0.2) is 0 Å². The van der Waals surface area contributed by atoms with Crippen LogP contribution in [0.15, 0.2) is 55.0 Å². The zero-order valence-electron chi connectivity index (χ0n) is 19.3. The van der Waals surface area contributed by atoms with E-state index in [0.717, 1.165) is 48.4 Å². The van der Waals surface area contributed by atoms with Crippen molar-refractivity contribution in [3.05, 3.63) is 71.9 Å². The van der Waals surface area contributed by atoms with Gasteiger partial charge in [0.25, 0.3) is 5.91 Å². The van der Waals surface area contributed by atoms with Crippen LogP contribution in [-0.2, 0) is 6.54 Å². The van der Waals surface area contributed by atoms with Crippen molar-refractivity contribution in [2.24, 2.45) is 0 Å². The van der Waals surface area contributed by atoms with Gasteiger partial charge in [0.05, 0.1) is 40.6 Å². The average molecular weight is 473 g/mol. The van der Waals surface area contributed by atoms with E-state index < -0.39 is 5.60 Å². The van der Waals surface area contributed by atoms with Gasteiger partial charge in [-0.25, -0.2) is 14.4 Å². The summed E-state index contributed by atoms with van der Waals surface area (Å²) in [5.41, 5.74) is 4.69. The number of amides is 1. The summed E-state index contributed by atoms with van der Waals surface area (Å²) in [6.07, 6.45) is 6.60. The van der Waals surface area contributed by atoms with Crippen LogP contribution in [-0.4, -0.2) is 44.1 Å². The summed E-state index contributed by atoms with van der Waals surface area (Å²) in [5.74, 6) is 0.140. The first kappa shape index (κ1) is 21.5. The maximum atomic E-state index is 13.6. The molecule has 2 aliphatic heterocycles. The minimum absolute atomic E-state index is 0.152. The highest BCUT2D eigenvalue weighted by atomic mass is 19.1. The first-order valence-electron chi connectivity index (χ1n) is 11.7. The SMILES string of the molecule is CC1(O)CCN(c2ccc(Nc3ccc(-c4cnc5cc(F)ccn45)c4c3C(=O)NC4)nc2)CC1. The molecule has 2 aliphatic rings. The van der Waals surface area contributed by atoms with E-state index in [1.165, 1.54) is 12.1 Å². The van der Waals surface area contributed by atoms with Crippen LogP contribution in [0.4, 0.5) is 21.6 Å². The lowest BCUT2D eigenvalue weighted by Gasteiger charge is -2.37. The Bertz CT molecular complexity index is 1440. The van der Waals surface area contributed by atoms with Crippen LogP contribution >= 0.6 is 0 Å². The van der Waals surface area contributed by atoms with E-state index in [-0.39, 0.29) is 11.7 Å². The molecule has 35 heavy (non-hydrogen) atoms. The second-order valence-corrected chi connectivity index (χ2v) is 9.42. The number of pyridine rings is 2. The van der Waals surface area contributed by atoms with E-state index in [1.807, 2.05) is 41.8 Å². The average Bonchev–Trinajstić information content (AvgIpc) is 3.44. The minimum Gasteiger partial charge on any atom is -0.390 e. The molecule has 0 saturated carbocycles. The third kappa shape index (κ3) is 3.87. The number of carbonyl (C=O) groups excluding carboxylic acids is 1. The van der Waals surface area contributed by atoms with E-state index in [4.69, 9.17) is 0 Å². The molecular weight excluding hydrogens is 447 g/mol. The van der Waals surface area contributed by atoms with Gasteiger partial charge >= 0.3 is 0 Å². The maximum Gasteiger partial charge on any atom is 0.254 e. The lowest BCUT2D eigenvalue weighted by Crippen LogP contribution is -2.42. The number of benzene rings is 1. The van der Waals surface area contributed by atoms with E-state index in [2.05, 4.69) is 25.5 Å². The molecule has 0 unspecified atom stereocenters. The molecule has 8 nitrogen and oxygen atoms in total. The second-order valence-electron chi connectivity index (χ2n) is 9.42. The third-order valence-corrected chi connectivity index (χ3v) is 6.93. The molecule has 4 aromatic rings. The van der Waals surface area contributed by atoms with Crippen LogP contribution < -0.4 is 15.5 Å². The molecule has 0 spiro atoms. The Morgan fingerprint density at radius 2 is 1.94 bits per heavy atom. The van der Waals surface area contributed by atoms with Gasteiger partial charge in [0.2, 0.25) is 0 Å². The Balaban J connectivity index is 1.29. The molecule has 0 bridgehead atoms. The highest BCUT2D eigenvalue weighted by molar-refractivity contribution is 6.06. The zero-order chi connectivity index (χ0) is 24.2. The molecule has 178 valence electrons. The fourth-order valence-corrected chi connectivity index (χ4v) is 4.88. The van der Waals surface area contributed by atoms with Gasteiger partial charge in [-0.05, 0) is 49.6 Å². The first-order valence-corrected chi connectivity index (χ1v) is 11.7. The van der Waals surface area contributed by atoms with Crippen molar-refractivity contribution in [3.8, 4) is 11.3 Å². The van der Waals surface area contributed by atoms with Gasteiger partial charge in [-0.2, -0.15) is 0 Å². The molecule has 3 N–H and O–H groups in total. The number of carbonyl (C=O) groups is 1. The van der Waals surface area contributed by atoms with Crippen LogP contribution in [0.25, 0.3) is 16.9 Å². The molecule has 1 aromatic carbocycles. The number of hydrogen-bond acceptors (Lipinski definition) is 6. The number of nitrogens with one attached hydrogen (secondary N) is 2. The van der Waals surface area contributed by atoms with Gasteiger partial charge < -0.3 is 20.6 Å². The summed E-state index contributed by atoms with van der Waals surface area (Å²) in [6.45, 7) is 3.85. The Kier molecular flexibility index (Phi) is 4.96. The minimum atomic E-state index is -0.599. The number of anilines is 3. The summed E-state index contributed by atoms with van der Waals surface area (Å²) >= 11 is 0. The van der Waals surface area contributed by atoms with Crippen molar-refractivity contribution in [3.63, 3.8) is 0 Å². The summed E-state index contributed by atoms with van der Waals surface area (Å²) in [4.78, 5) is 23.8. The highest BCUT2D eigenvalue weighted by Gasteiger charge is 2.29. The summed E-state index contributed by atoms with van der Waals surface area (Å²) in [5, 5.41) is 16.4. The Morgan fingerprint density at radius 1 is 1.11 bits per heavy atom. The monoisotopic (exact) mass is 472 g/mol. The van der Waals surface area contributed by atoms with E-state index >= 15 is 0 Å². The van der Waals surface area contributed by atoms with Crippen LogP contribution in [0.1, 0.15) is 35.7 Å². The number of piperidine rings is 1. The number of fused-ring (bicyclic) bond motifs is 2.